The van der Waals surface area contributed by atoms with E-state index in [1.807, 2.05) is 13.0 Å². The van der Waals surface area contributed by atoms with E-state index in [1.165, 1.54) is 18.9 Å². The SMILES string of the molecule is COC(=O)c1ccccc1N(CCC(=O)Nc1cc(Cl)ccc1C)C(C)=O. The molecule has 0 aliphatic rings. The van der Waals surface area contributed by atoms with Crippen molar-refractivity contribution >= 4 is 40.8 Å². The Balaban J connectivity index is 2.14. The Morgan fingerprint density at radius 1 is 1.15 bits per heavy atom. The molecule has 0 spiro atoms. The van der Waals surface area contributed by atoms with Crippen LogP contribution in [-0.4, -0.2) is 31.4 Å². The Labute approximate surface area is 163 Å². The zero-order valence-corrected chi connectivity index (χ0v) is 16.2. The average Bonchev–Trinajstić information content (AvgIpc) is 2.64. The van der Waals surface area contributed by atoms with Gasteiger partial charge in [0, 0.05) is 30.6 Å². The fourth-order valence-corrected chi connectivity index (χ4v) is 2.77. The van der Waals surface area contributed by atoms with Crippen LogP contribution in [0.4, 0.5) is 11.4 Å². The van der Waals surface area contributed by atoms with Crippen LogP contribution in [0, 0.1) is 6.92 Å². The van der Waals surface area contributed by atoms with Gasteiger partial charge in [-0.1, -0.05) is 29.8 Å². The lowest BCUT2D eigenvalue weighted by molar-refractivity contribution is -0.117. The lowest BCUT2D eigenvalue weighted by Crippen LogP contribution is -2.33. The molecular weight excluding hydrogens is 368 g/mol. The molecule has 2 aromatic carbocycles. The minimum Gasteiger partial charge on any atom is -0.465 e. The van der Waals surface area contributed by atoms with Gasteiger partial charge in [-0.3, -0.25) is 9.59 Å². The summed E-state index contributed by atoms with van der Waals surface area (Å²) in [6, 6.07) is 11.8. The summed E-state index contributed by atoms with van der Waals surface area (Å²) in [5.74, 6) is -1.09. The number of rotatable bonds is 6. The van der Waals surface area contributed by atoms with Crippen molar-refractivity contribution in [2.45, 2.75) is 20.3 Å². The van der Waals surface area contributed by atoms with Crippen LogP contribution in [0.1, 0.15) is 29.3 Å². The van der Waals surface area contributed by atoms with Crippen LogP contribution in [0.25, 0.3) is 0 Å². The minimum absolute atomic E-state index is 0.0566. The molecule has 0 radical (unpaired) electrons. The number of aryl methyl sites for hydroxylation is 1. The van der Waals surface area contributed by atoms with Crippen molar-refractivity contribution in [2.24, 2.45) is 0 Å². The Morgan fingerprint density at radius 2 is 1.85 bits per heavy atom. The van der Waals surface area contributed by atoms with Crippen LogP contribution in [0.5, 0.6) is 0 Å². The third-order valence-corrected chi connectivity index (χ3v) is 4.25. The molecule has 2 amide bonds. The summed E-state index contributed by atoms with van der Waals surface area (Å²) < 4.78 is 4.77. The quantitative estimate of drug-likeness (QED) is 0.763. The normalized spacial score (nSPS) is 10.2. The van der Waals surface area contributed by atoms with E-state index in [9.17, 15) is 14.4 Å². The molecule has 0 unspecified atom stereocenters. The predicted molar refractivity (Wildman–Crippen MR) is 105 cm³/mol. The first-order valence-electron chi connectivity index (χ1n) is 8.35. The van der Waals surface area contributed by atoms with E-state index in [0.29, 0.717) is 16.4 Å². The standard InChI is InChI=1S/C20H21ClN2O4/c1-13-8-9-15(21)12-17(13)22-19(25)10-11-23(14(2)24)18-7-5-4-6-16(18)20(26)27-3/h4-9,12H,10-11H2,1-3H3,(H,22,25). The molecule has 0 heterocycles. The number of amides is 2. The van der Waals surface area contributed by atoms with Crippen molar-refractivity contribution in [3.05, 3.63) is 58.6 Å². The van der Waals surface area contributed by atoms with Gasteiger partial charge in [0.05, 0.1) is 18.4 Å². The highest BCUT2D eigenvalue weighted by Gasteiger charge is 2.20. The van der Waals surface area contributed by atoms with Crippen LogP contribution in [0.2, 0.25) is 5.02 Å². The van der Waals surface area contributed by atoms with E-state index in [0.717, 1.165) is 5.56 Å². The second-order valence-electron chi connectivity index (χ2n) is 5.94. The molecule has 0 atom stereocenters. The second kappa shape index (κ2) is 9.19. The fourth-order valence-electron chi connectivity index (χ4n) is 2.59. The number of carbonyl (C=O) groups excluding carboxylic acids is 3. The topological polar surface area (TPSA) is 75.7 Å². The second-order valence-corrected chi connectivity index (χ2v) is 6.37. The number of hydrogen-bond acceptors (Lipinski definition) is 4. The summed E-state index contributed by atoms with van der Waals surface area (Å²) in [6.07, 6.45) is 0.0566. The average molecular weight is 389 g/mol. The van der Waals surface area contributed by atoms with Crippen molar-refractivity contribution in [3.63, 3.8) is 0 Å². The lowest BCUT2D eigenvalue weighted by Gasteiger charge is -2.23. The molecule has 0 bridgehead atoms. The fraction of sp³-hybridized carbons (Fsp3) is 0.250. The van der Waals surface area contributed by atoms with Crippen molar-refractivity contribution in [1.82, 2.24) is 0 Å². The van der Waals surface area contributed by atoms with Gasteiger partial charge in [0.2, 0.25) is 11.8 Å². The van der Waals surface area contributed by atoms with Gasteiger partial charge in [0.15, 0.2) is 0 Å². The molecule has 0 saturated heterocycles. The Kier molecular flexibility index (Phi) is 6.96. The number of halogens is 1. The maximum Gasteiger partial charge on any atom is 0.339 e. The number of carbonyl (C=O) groups is 3. The first-order chi connectivity index (χ1) is 12.8. The van der Waals surface area contributed by atoms with Gasteiger partial charge in [0.1, 0.15) is 0 Å². The number of esters is 1. The Bertz CT molecular complexity index is 867. The molecule has 2 rings (SSSR count). The highest BCUT2D eigenvalue weighted by atomic mass is 35.5. The van der Waals surface area contributed by atoms with Gasteiger partial charge in [-0.05, 0) is 36.8 Å². The molecule has 1 N–H and O–H groups in total. The molecule has 142 valence electrons. The highest BCUT2D eigenvalue weighted by molar-refractivity contribution is 6.31. The number of nitrogens with zero attached hydrogens (tertiary/aromatic N) is 1. The van der Waals surface area contributed by atoms with Crippen LogP contribution < -0.4 is 10.2 Å². The third-order valence-electron chi connectivity index (χ3n) is 4.02. The van der Waals surface area contributed by atoms with Crippen LogP contribution in [0.15, 0.2) is 42.5 Å². The van der Waals surface area contributed by atoms with Crippen LogP contribution >= 0.6 is 11.6 Å². The number of hydrogen-bond donors (Lipinski definition) is 1. The van der Waals surface area contributed by atoms with Crippen molar-refractivity contribution in [2.75, 3.05) is 23.9 Å². The van der Waals surface area contributed by atoms with Gasteiger partial charge in [0.25, 0.3) is 0 Å². The smallest absolute Gasteiger partial charge is 0.339 e. The predicted octanol–water partition coefficient (Wildman–Crippen LogP) is 3.82. The van der Waals surface area contributed by atoms with Crippen LogP contribution in [0.3, 0.4) is 0 Å². The van der Waals surface area contributed by atoms with E-state index in [-0.39, 0.29) is 30.3 Å². The Morgan fingerprint density at radius 3 is 2.52 bits per heavy atom. The summed E-state index contributed by atoms with van der Waals surface area (Å²) in [5, 5.41) is 3.31. The third kappa shape index (κ3) is 5.31. The molecule has 27 heavy (non-hydrogen) atoms. The molecule has 0 aromatic heterocycles. The first-order valence-corrected chi connectivity index (χ1v) is 8.72. The van der Waals surface area contributed by atoms with Gasteiger partial charge >= 0.3 is 5.97 Å². The number of para-hydroxylation sites is 1. The minimum atomic E-state index is -0.546. The summed E-state index contributed by atoms with van der Waals surface area (Å²) in [4.78, 5) is 37.8. The summed E-state index contributed by atoms with van der Waals surface area (Å²) in [5.41, 5.74) is 2.17. The monoisotopic (exact) mass is 388 g/mol. The van der Waals surface area contributed by atoms with Crippen molar-refractivity contribution in [1.29, 1.82) is 0 Å². The molecule has 2 aromatic rings. The largest absolute Gasteiger partial charge is 0.465 e. The first kappa shape index (κ1) is 20.5. The number of nitrogens with one attached hydrogen (secondary N) is 1. The summed E-state index contributed by atoms with van der Waals surface area (Å²) >= 11 is 5.96. The van der Waals surface area contributed by atoms with Gasteiger partial charge in [-0.15, -0.1) is 0 Å². The molecule has 0 saturated carbocycles. The van der Waals surface area contributed by atoms with E-state index in [2.05, 4.69) is 5.32 Å². The van der Waals surface area contributed by atoms with E-state index >= 15 is 0 Å². The van der Waals surface area contributed by atoms with Crippen molar-refractivity contribution < 1.29 is 19.1 Å². The molecule has 7 heteroatoms. The molecule has 0 aliphatic carbocycles. The Hall–Kier alpha value is -2.86. The van der Waals surface area contributed by atoms with E-state index in [1.54, 1.807) is 36.4 Å². The molecule has 6 nitrogen and oxygen atoms in total. The maximum atomic E-state index is 12.3. The number of benzene rings is 2. The van der Waals surface area contributed by atoms with E-state index in [4.69, 9.17) is 16.3 Å². The molecule has 0 fully saturated rings. The maximum absolute atomic E-state index is 12.3. The zero-order valence-electron chi connectivity index (χ0n) is 15.4. The number of ether oxygens (including phenoxy) is 1. The molecule has 0 aliphatic heterocycles. The summed E-state index contributed by atoms with van der Waals surface area (Å²) in [7, 11) is 1.28. The van der Waals surface area contributed by atoms with Gasteiger partial charge in [-0.2, -0.15) is 0 Å². The van der Waals surface area contributed by atoms with E-state index < -0.39 is 5.97 Å². The highest BCUT2D eigenvalue weighted by Crippen LogP contribution is 2.23. The summed E-state index contributed by atoms with van der Waals surface area (Å²) in [6.45, 7) is 3.36. The van der Waals surface area contributed by atoms with Crippen LogP contribution in [-0.2, 0) is 14.3 Å². The van der Waals surface area contributed by atoms with Gasteiger partial charge < -0.3 is 15.0 Å². The molecular formula is C20H21ClN2O4. The van der Waals surface area contributed by atoms with Crippen molar-refractivity contribution in [3.8, 4) is 0 Å². The van der Waals surface area contributed by atoms with Gasteiger partial charge in [-0.25, -0.2) is 4.79 Å². The lowest BCUT2D eigenvalue weighted by atomic mass is 10.1. The number of methoxy groups -OCH3 is 1. The zero-order chi connectivity index (χ0) is 20.0. The number of anilines is 2.